The molecule has 0 unspecified atom stereocenters. The topological polar surface area (TPSA) is 56.6 Å². The van der Waals surface area contributed by atoms with Gasteiger partial charge in [0.25, 0.3) is 6.01 Å². The first-order valence-electron chi connectivity index (χ1n) is 11.1. The van der Waals surface area contributed by atoms with Gasteiger partial charge in [-0.15, -0.1) is 0 Å². The summed E-state index contributed by atoms with van der Waals surface area (Å²) in [5.74, 6) is 0.236. The first kappa shape index (κ1) is 22.5. The summed E-state index contributed by atoms with van der Waals surface area (Å²) in [6.45, 7) is 8.17. The number of carbonyl (C=O) groups is 1. The van der Waals surface area contributed by atoms with E-state index in [0.29, 0.717) is 30.7 Å². The lowest BCUT2D eigenvalue weighted by atomic mass is 9.99. The van der Waals surface area contributed by atoms with E-state index < -0.39 is 5.60 Å². The number of piperidine rings is 1. The summed E-state index contributed by atoms with van der Waals surface area (Å²) in [6.07, 6.45) is 1.70. The number of halogens is 1. The van der Waals surface area contributed by atoms with E-state index in [9.17, 15) is 4.79 Å². The second kappa shape index (κ2) is 9.41. The number of ether oxygens (including phenoxy) is 2. The van der Waals surface area contributed by atoms with Crippen molar-refractivity contribution in [2.24, 2.45) is 5.92 Å². The molecule has 4 rings (SSSR count). The number of aromatic nitrogens is 2. The third-order valence-electron chi connectivity index (χ3n) is 5.49. The van der Waals surface area contributed by atoms with Gasteiger partial charge in [-0.2, -0.15) is 4.98 Å². The number of imidazole rings is 1. The molecular formula is C25H30ClN3O3. The maximum Gasteiger partial charge on any atom is 0.410 e. The molecule has 32 heavy (non-hydrogen) atoms. The quantitative estimate of drug-likeness (QED) is 0.490. The molecule has 1 aromatic heterocycles. The van der Waals surface area contributed by atoms with Crippen LogP contribution in [0.1, 0.15) is 39.2 Å². The third-order valence-corrected chi connectivity index (χ3v) is 5.74. The van der Waals surface area contributed by atoms with Crippen molar-refractivity contribution in [2.75, 3.05) is 19.7 Å². The molecule has 1 saturated heterocycles. The van der Waals surface area contributed by atoms with Crippen LogP contribution in [-0.2, 0) is 11.3 Å². The molecule has 170 valence electrons. The first-order valence-corrected chi connectivity index (χ1v) is 11.5. The molecular weight excluding hydrogens is 426 g/mol. The second-order valence-electron chi connectivity index (χ2n) is 9.34. The van der Waals surface area contributed by atoms with E-state index in [1.165, 1.54) is 0 Å². The van der Waals surface area contributed by atoms with Crippen LogP contribution >= 0.6 is 11.6 Å². The average molecular weight is 456 g/mol. The minimum absolute atomic E-state index is 0.236. The molecule has 1 fully saturated rings. The highest BCUT2D eigenvalue weighted by atomic mass is 35.5. The zero-order valence-electron chi connectivity index (χ0n) is 18.9. The summed E-state index contributed by atoms with van der Waals surface area (Å²) >= 11 is 6.04. The summed E-state index contributed by atoms with van der Waals surface area (Å²) in [5, 5.41) is 0.715. The molecule has 2 aromatic carbocycles. The van der Waals surface area contributed by atoms with E-state index in [1.807, 2.05) is 63.2 Å². The van der Waals surface area contributed by atoms with Crippen LogP contribution in [0.5, 0.6) is 6.01 Å². The molecule has 2 heterocycles. The number of hydrogen-bond acceptors (Lipinski definition) is 4. The molecule has 1 aliphatic heterocycles. The normalized spacial score (nSPS) is 16.9. The Morgan fingerprint density at radius 1 is 1.16 bits per heavy atom. The number of likely N-dealkylation sites (tertiary alicyclic amines) is 1. The van der Waals surface area contributed by atoms with Crippen LogP contribution < -0.4 is 4.74 Å². The molecule has 0 aliphatic carbocycles. The number of amides is 1. The van der Waals surface area contributed by atoms with Crippen LogP contribution in [-0.4, -0.2) is 45.8 Å². The zero-order valence-corrected chi connectivity index (χ0v) is 19.6. The summed E-state index contributed by atoms with van der Waals surface area (Å²) < 4.78 is 13.9. The van der Waals surface area contributed by atoms with Crippen molar-refractivity contribution in [2.45, 2.75) is 45.8 Å². The van der Waals surface area contributed by atoms with Crippen molar-refractivity contribution in [1.82, 2.24) is 14.5 Å². The van der Waals surface area contributed by atoms with Crippen LogP contribution in [0.25, 0.3) is 11.0 Å². The van der Waals surface area contributed by atoms with Gasteiger partial charge in [-0.25, -0.2) is 4.79 Å². The highest BCUT2D eigenvalue weighted by molar-refractivity contribution is 6.30. The fraction of sp³-hybridized carbons (Fsp3) is 0.440. The van der Waals surface area contributed by atoms with Crippen molar-refractivity contribution in [3.05, 3.63) is 59.1 Å². The minimum Gasteiger partial charge on any atom is -0.464 e. The fourth-order valence-electron chi connectivity index (χ4n) is 3.97. The lowest BCUT2D eigenvalue weighted by Crippen LogP contribution is -2.44. The van der Waals surface area contributed by atoms with Gasteiger partial charge in [-0.05, 0) is 63.4 Å². The van der Waals surface area contributed by atoms with E-state index in [1.54, 1.807) is 4.90 Å². The van der Waals surface area contributed by atoms with Crippen LogP contribution in [0.4, 0.5) is 4.79 Å². The predicted molar refractivity (Wildman–Crippen MR) is 126 cm³/mol. The second-order valence-corrected chi connectivity index (χ2v) is 9.78. The maximum absolute atomic E-state index is 12.5. The lowest BCUT2D eigenvalue weighted by Gasteiger charge is -2.33. The SMILES string of the molecule is CC(C)(C)OC(=O)N1CCC[C@@H](COc2nc3ccccc3n2Cc2ccc(Cl)cc2)C1. The number of rotatable bonds is 5. The van der Waals surface area contributed by atoms with Gasteiger partial charge in [-0.1, -0.05) is 35.9 Å². The van der Waals surface area contributed by atoms with Crippen LogP contribution in [0.2, 0.25) is 5.02 Å². The van der Waals surface area contributed by atoms with Crippen LogP contribution in [0.15, 0.2) is 48.5 Å². The zero-order chi connectivity index (χ0) is 22.7. The van der Waals surface area contributed by atoms with Crippen LogP contribution in [0.3, 0.4) is 0 Å². The first-order chi connectivity index (χ1) is 15.3. The van der Waals surface area contributed by atoms with Gasteiger partial charge < -0.3 is 14.4 Å². The Kier molecular flexibility index (Phi) is 6.60. The lowest BCUT2D eigenvalue weighted by molar-refractivity contribution is 0.0136. The molecule has 0 bridgehead atoms. The molecule has 0 spiro atoms. The molecule has 0 radical (unpaired) electrons. The number of fused-ring (bicyclic) bond motifs is 1. The number of nitrogens with zero attached hydrogens (tertiary/aromatic N) is 3. The number of para-hydroxylation sites is 2. The molecule has 1 amide bonds. The van der Waals surface area contributed by atoms with Gasteiger partial charge in [0.1, 0.15) is 5.60 Å². The average Bonchev–Trinajstić information content (AvgIpc) is 3.10. The minimum atomic E-state index is -0.493. The summed E-state index contributed by atoms with van der Waals surface area (Å²) in [5.41, 5.74) is 2.55. The Bertz CT molecular complexity index is 1070. The molecule has 7 heteroatoms. The van der Waals surface area contributed by atoms with Crippen molar-refractivity contribution in [1.29, 1.82) is 0 Å². The molecule has 1 atom stereocenters. The van der Waals surface area contributed by atoms with Gasteiger partial charge in [0.2, 0.25) is 0 Å². The highest BCUT2D eigenvalue weighted by Crippen LogP contribution is 2.25. The van der Waals surface area contributed by atoms with Crippen molar-refractivity contribution in [3.8, 4) is 6.01 Å². The smallest absolute Gasteiger partial charge is 0.410 e. The van der Waals surface area contributed by atoms with Crippen LogP contribution in [0, 0.1) is 5.92 Å². The Hall–Kier alpha value is -2.73. The number of benzene rings is 2. The summed E-state index contributed by atoms with van der Waals surface area (Å²) in [4.78, 5) is 19.0. The molecule has 0 N–H and O–H groups in total. The van der Waals surface area contributed by atoms with Crippen molar-refractivity contribution >= 4 is 28.7 Å². The number of carbonyl (C=O) groups excluding carboxylic acids is 1. The van der Waals surface area contributed by atoms with E-state index in [-0.39, 0.29) is 12.0 Å². The summed E-state index contributed by atoms with van der Waals surface area (Å²) in [7, 11) is 0. The van der Waals surface area contributed by atoms with Crippen molar-refractivity contribution < 1.29 is 14.3 Å². The Morgan fingerprint density at radius 3 is 2.66 bits per heavy atom. The maximum atomic E-state index is 12.5. The highest BCUT2D eigenvalue weighted by Gasteiger charge is 2.28. The molecule has 0 saturated carbocycles. The predicted octanol–water partition coefficient (Wildman–Crippen LogP) is 5.76. The van der Waals surface area contributed by atoms with Gasteiger partial charge in [0.05, 0.1) is 24.2 Å². The summed E-state index contributed by atoms with van der Waals surface area (Å²) in [6, 6.07) is 16.4. The Labute approximate surface area is 194 Å². The van der Waals surface area contributed by atoms with E-state index in [2.05, 4.69) is 10.6 Å². The van der Waals surface area contributed by atoms with E-state index >= 15 is 0 Å². The standard InChI is InChI=1S/C25H30ClN3O3/c1-25(2,3)32-24(30)28-14-6-7-19(15-28)17-31-23-27-21-8-4-5-9-22(21)29(23)16-18-10-12-20(26)13-11-18/h4-5,8-13,19H,6-7,14-17H2,1-3H3/t19-/m1/s1. The fourth-order valence-corrected chi connectivity index (χ4v) is 4.10. The van der Waals surface area contributed by atoms with Gasteiger partial charge in [-0.3, -0.25) is 4.57 Å². The van der Waals surface area contributed by atoms with E-state index in [4.69, 9.17) is 26.1 Å². The van der Waals surface area contributed by atoms with Gasteiger partial charge >= 0.3 is 6.09 Å². The molecule has 6 nitrogen and oxygen atoms in total. The monoisotopic (exact) mass is 455 g/mol. The Morgan fingerprint density at radius 2 is 1.91 bits per heavy atom. The molecule has 3 aromatic rings. The largest absolute Gasteiger partial charge is 0.464 e. The van der Waals surface area contributed by atoms with E-state index in [0.717, 1.165) is 36.0 Å². The van der Waals surface area contributed by atoms with Gasteiger partial charge in [0.15, 0.2) is 0 Å². The molecule has 1 aliphatic rings. The van der Waals surface area contributed by atoms with Crippen molar-refractivity contribution in [3.63, 3.8) is 0 Å². The van der Waals surface area contributed by atoms with Gasteiger partial charge in [0, 0.05) is 24.0 Å². The Balaban J connectivity index is 1.47. The third kappa shape index (κ3) is 5.54. The number of hydrogen-bond donors (Lipinski definition) is 0.